The van der Waals surface area contributed by atoms with Gasteiger partial charge in [-0.25, -0.2) is 0 Å². The second-order valence-corrected chi connectivity index (χ2v) is 3.66. The van der Waals surface area contributed by atoms with Crippen molar-refractivity contribution in [1.29, 1.82) is 5.26 Å². The highest BCUT2D eigenvalue weighted by Crippen LogP contribution is 2.23. The molecule has 2 aromatic carbocycles. The normalized spacial score (nSPS) is 9.61. The molecule has 0 bridgehead atoms. The van der Waals surface area contributed by atoms with Crippen molar-refractivity contribution < 1.29 is 14.7 Å². The average Bonchev–Trinajstić information content (AvgIpc) is 2.39. The van der Waals surface area contributed by atoms with Gasteiger partial charge < -0.3 is 14.7 Å². The SMILES string of the molecule is N#Cc1cccc(-c2ccc(OB(O)O)cc2)c1. The van der Waals surface area contributed by atoms with Gasteiger partial charge >= 0.3 is 7.32 Å². The van der Waals surface area contributed by atoms with Crippen LogP contribution in [0.3, 0.4) is 0 Å². The van der Waals surface area contributed by atoms with Crippen LogP contribution >= 0.6 is 0 Å². The van der Waals surface area contributed by atoms with Crippen LogP contribution in [0.15, 0.2) is 48.5 Å². The third-order valence-corrected chi connectivity index (χ3v) is 2.42. The molecule has 0 heterocycles. The molecule has 0 aliphatic carbocycles. The highest BCUT2D eigenvalue weighted by molar-refractivity contribution is 6.33. The zero-order valence-electron chi connectivity index (χ0n) is 9.45. The molecule has 0 saturated carbocycles. The molecule has 88 valence electrons. The van der Waals surface area contributed by atoms with E-state index >= 15 is 0 Å². The molecule has 0 saturated heterocycles. The number of nitrogens with zero attached hydrogens (tertiary/aromatic N) is 1. The predicted molar refractivity (Wildman–Crippen MR) is 67.4 cm³/mol. The largest absolute Gasteiger partial charge is 0.707 e. The van der Waals surface area contributed by atoms with E-state index in [2.05, 4.69) is 6.07 Å². The summed E-state index contributed by atoms with van der Waals surface area (Å²) in [4.78, 5) is 0. The fourth-order valence-electron chi connectivity index (χ4n) is 1.62. The van der Waals surface area contributed by atoms with Gasteiger partial charge in [0.2, 0.25) is 0 Å². The van der Waals surface area contributed by atoms with Crippen molar-refractivity contribution in [3.05, 3.63) is 54.1 Å². The van der Waals surface area contributed by atoms with E-state index in [1.54, 1.807) is 36.4 Å². The number of hydrogen-bond donors (Lipinski definition) is 2. The summed E-state index contributed by atoms with van der Waals surface area (Å²) in [7, 11) is -1.82. The van der Waals surface area contributed by atoms with E-state index in [1.807, 2.05) is 12.1 Å². The molecule has 5 heteroatoms. The minimum Gasteiger partial charge on any atom is -0.512 e. The Morgan fingerprint density at radius 1 is 1.00 bits per heavy atom. The molecular formula is C13H10BNO3. The zero-order chi connectivity index (χ0) is 13.0. The molecule has 2 N–H and O–H groups in total. The fraction of sp³-hybridized carbons (Fsp3) is 0. The summed E-state index contributed by atoms with van der Waals surface area (Å²) in [5, 5.41) is 26.1. The molecule has 0 atom stereocenters. The number of hydrogen-bond acceptors (Lipinski definition) is 4. The third kappa shape index (κ3) is 2.89. The van der Waals surface area contributed by atoms with E-state index in [1.165, 1.54) is 0 Å². The number of rotatable bonds is 3. The molecule has 0 spiro atoms. The van der Waals surface area contributed by atoms with Crippen molar-refractivity contribution in [2.75, 3.05) is 0 Å². The minimum atomic E-state index is -1.82. The van der Waals surface area contributed by atoms with Gasteiger partial charge in [0.1, 0.15) is 5.75 Å². The van der Waals surface area contributed by atoms with Crippen molar-refractivity contribution in [1.82, 2.24) is 0 Å². The molecule has 0 aliphatic rings. The monoisotopic (exact) mass is 239 g/mol. The minimum absolute atomic E-state index is 0.366. The summed E-state index contributed by atoms with van der Waals surface area (Å²) in [6.07, 6.45) is 0. The summed E-state index contributed by atoms with van der Waals surface area (Å²) in [5.41, 5.74) is 2.44. The van der Waals surface area contributed by atoms with Gasteiger partial charge in [-0.2, -0.15) is 5.26 Å². The summed E-state index contributed by atoms with van der Waals surface area (Å²) in [5.74, 6) is 0.366. The van der Waals surface area contributed by atoms with Crippen LogP contribution in [0, 0.1) is 11.3 Å². The molecule has 4 nitrogen and oxygen atoms in total. The lowest BCUT2D eigenvalue weighted by Gasteiger charge is -2.06. The summed E-state index contributed by atoms with van der Waals surface area (Å²) in [6.45, 7) is 0. The zero-order valence-corrected chi connectivity index (χ0v) is 9.45. The van der Waals surface area contributed by atoms with Crippen LogP contribution in [-0.4, -0.2) is 17.4 Å². The van der Waals surface area contributed by atoms with Crippen molar-refractivity contribution in [3.8, 4) is 22.9 Å². The van der Waals surface area contributed by atoms with Crippen LogP contribution in [0.5, 0.6) is 5.75 Å². The predicted octanol–water partition coefficient (Wildman–Crippen LogP) is 1.57. The van der Waals surface area contributed by atoms with E-state index in [9.17, 15) is 0 Å². The van der Waals surface area contributed by atoms with Crippen molar-refractivity contribution >= 4 is 7.32 Å². The molecule has 0 aromatic heterocycles. The summed E-state index contributed by atoms with van der Waals surface area (Å²) >= 11 is 0. The first-order chi connectivity index (χ1) is 8.69. The van der Waals surface area contributed by atoms with Crippen molar-refractivity contribution in [2.45, 2.75) is 0 Å². The second-order valence-electron chi connectivity index (χ2n) is 3.66. The van der Waals surface area contributed by atoms with Crippen LogP contribution in [0.4, 0.5) is 0 Å². The first kappa shape index (κ1) is 12.2. The highest BCUT2D eigenvalue weighted by atomic mass is 16.6. The van der Waals surface area contributed by atoms with Gasteiger partial charge in [0.15, 0.2) is 0 Å². The van der Waals surface area contributed by atoms with Crippen LogP contribution < -0.4 is 4.65 Å². The second kappa shape index (κ2) is 5.36. The maximum Gasteiger partial charge on any atom is 0.707 e. The van der Waals surface area contributed by atoms with Crippen LogP contribution in [0.2, 0.25) is 0 Å². The van der Waals surface area contributed by atoms with Gasteiger partial charge in [-0.3, -0.25) is 0 Å². The first-order valence-electron chi connectivity index (χ1n) is 5.32. The van der Waals surface area contributed by atoms with Crippen LogP contribution in [-0.2, 0) is 0 Å². The molecule has 2 rings (SSSR count). The van der Waals surface area contributed by atoms with Gasteiger partial charge in [0.05, 0.1) is 11.6 Å². The molecule has 0 aliphatic heterocycles. The highest BCUT2D eigenvalue weighted by Gasteiger charge is 2.10. The first-order valence-corrected chi connectivity index (χ1v) is 5.32. The molecule has 2 aromatic rings. The van der Waals surface area contributed by atoms with Crippen LogP contribution in [0.25, 0.3) is 11.1 Å². The van der Waals surface area contributed by atoms with E-state index < -0.39 is 7.32 Å². The van der Waals surface area contributed by atoms with Crippen molar-refractivity contribution in [3.63, 3.8) is 0 Å². The lowest BCUT2D eigenvalue weighted by Crippen LogP contribution is -2.20. The molecule has 0 radical (unpaired) electrons. The molecule has 18 heavy (non-hydrogen) atoms. The lowest BCUT2D eigenvalue weighted by atomic mass is 10.0. The smallest absolute Gasteiger partial charge is 0.512 e. The van der Waals surface area contributed by atoms with Crippen molar-refractivity contribution in [2.24, 2.45) is 0 Å². The molecule has 0 unspecified atom stereocenters. The van der Waals surface area contributed by atoms with Crippen LogP contribution in [0.1, 0.15) is 5.56 Å². The standard InChI is InChI=1S/C13H10BNO3/c15-9-10-2-1-3-12(8-10)11-4-6-13(7-5-11)18-14(16)17/h1-8,16-17H. The quantitative estimate of drug-likeness (QED) is 0.797. The van der Waals surface area contributed by atoms with E-state index in [4.69, 9.17) is 20.0 Å². The Hall–Kier alpha value is -2.29. The maximum absolute atomic E-state index is 8.83. The number of benzene rings is 2. The number of nitriles is 1. The molecule has 0 amide bonds. The Bertz CT molecular complexity index is 576. The van der Waals surface area contributed by atoms with E-state index in [-0.39, 0.29) is 0 Å². The Morgan fingerprint density at radius 3 is 2.33 bits per heavy atom. The Morgan fingerprint density at radius 2 is 1.72 bits per heavy atom. The van der Waals surface area contributed by atoms with Gasteiger partial charge in [-0.15, -0.1) is 0 Å². The topological polar surface area (TPSA) is 73.5 Å². The van der Waals surface area contributed by atoms with Gasteiger partial charge in [0, 0.05) is 0 Å². The Balaban J connectivity index is 2.26. The van der Waals surface area contributed by atoms with Gasteiger partial charge in [-0.1, -0.05) is 24.3 Å². The Kier molecular flexibility index (Phi) is 3.63. The summed E-state index contributed by atoms with van der Waals surface area (Å²) < 4.78 is 4.71. The Labute approximate surface area is 105 Å². The van der Waals surface area contributed by atoms with E-state index in [0.29, 0.717) is 11.3 Å². The maximum atomic E-state index is 8.83. The lowest BCUT2D eigenvalue weighted by molar-refractivity contribution is 0.288. The van der Waals surface area contributed by atoms with E-state index in [0.717, 1.165) is 11.1 Å². The molecule has 0 fully saturated rings. The fourth-order valence-corrected chi connectivity index (χ4v) is 1.62. The van der Waals surface area contributed by atoms with Gasteiger partial charge in [0.25, 0.3) is 0 Å². The van der Waals surface area contributed by atoms with Gasteiger partial charge in [-0.05, 0) is 35.4 Å². The summed E-state index contributed by atoms with van der Waals surface area (Å²) in [6, 6.07) is 16.2. The molecular weight excluding hydrogens is 229 g/mol. The third-order valence-electron chi connectivity index (χ3n) is 2.42. The average molecular weight is 239 g/mol.